The second kappa shape index (κ2) is 5.51. The summed E-state index contributed by atoms with van der Waals surface area (Å²) in [5, 5.41) is 5.81. The number of allylic oxidation sites excluding steroid dienone is 5. The molecule has 3 aliphatic carbocycles. The van der Waals surface area contributed by atoms with E-state index in [9.17, 15) is 0 Å². The molecule has 4 aromatic rings. The summed E-state index contributed by atoms with van der Waals surface area (Å²) in [5.41, 5.74) is 12.0. The van der Waals surface area contributed by atoms with Crippen molar-refractivity contribution in [2.75, 3.05) is 0 Å². The molecule has 1 heteroatoms. The molecule has 1 nitrogen and oxygen atoms in total. The minimum atomic E-state index is 1.10. The molecule has 0 amide bonds. The Morgan fingerprint density at radius 2 is 1.69 bits per heavy atom. The number of fused-ring (bicyclic) bond motifs is 11. The molecule has 1 aromatic heterocycles. The average Bonchev–Trinajstić information content (AvgIpc) is 3.30. The van der Waals surface area contributed by atoms with Gasteiger partial charge < -0.3 is 4.57 Å². The Balaban J connectivity index is 1.76. The highest BCUT2D eigenvalue weighted by Crippen LogP contribution is 2.48. The largest absolute Gasteiger partial charge is 0.343 e. The number of para-hydroxylation sites is 1. The minimum absolute atomic E-state index is 1.10. The van der Waals surface area contributed by atoms with Crippen LogP contribution in [0.3, 0.4) is 0 Å². The van der Waals surface area contributed by atoms with Gasteiger partial charge in [-0.05, 0) is 77.0 Å². The van der Waals surface area contributed by atoms with E-state index in [1.165, 1.54) is 56.5 Å². The highest BCUT2D eigenvalue weighted by atomic mass is 14.9. The Kier molecular flexibility index (Phi) is 3.00. The average molecular weight is 373 g/mol. The standard InChI is InChI=1S/C28H23N/c1-29-24-13-7-6-12-22(24)27-21-11-5-4-10-20(21)26-23(28(27)29)15-14-18-16-17-8-2-3-9-19(17)25(18)26/h2,4,6-8,10,12-15H,3,5,9,11,16H2,1H3. The Bertz CT molecular complexity index is 1470. The van der Waals surface area contributed by atoms with Gasteiger partial charge in [0.2, 0.25) is 0 Å². The van der Waals surface area contributed by atoms with Crippen molar-refractivity contribution in [3.05, 3.63) is 82.5 Å². The monoisotopic (exact) mass is 373 g/mol. The van der Waals surface area contributed by atoms with E-state index in [4.69, 9.17) is 0 Å². The van der Waals surface area contributed by atoms with Gasteiger partial charge in [-0.25, -0.2) is 0 Å². The van der Waals surface area contributed by atoms with Crippen LogP contribution in [0, 0.1) is 0 Å². The summed E-state index contributed by atoms with van der Waals surface area (Å²) in [4.78, 5) is 0. The second-order valence-corrected chi connectivity index (χ2v) is 8.78. The first-order valence-corrected chi connectivity index (χ1v) is 10.9. The van der Waals surface area contributed by atoms with E-state index in [1.54, 1.807) is 22.3 Å². The van der Waals surface area contributed by atoms with Gasteiger partial charge in [-0.1, -0.05) is 54.6 Å². The molecule has 0 saturated carbocycles. The lowest BCUT2D eigenvalue weighted by molar-refractivity contribution is 0.994. The maximum atomic E-state index is 2.43. The molecule has 3 aromatic carbocycles. The van der Waals surface area contributed by atoms with E-state index in [0.717, 1.165) is 19.3 Å². The normalized spacial score (nSPS) is 17.4. The van der Waals surface area contributed by atoms with Crippen LogP contribution in [-0.2, 0) is 19.9 Å². The van der Waals surface area contributed by atoms with Crippen molar-refractivity contribution < 1.29 is 0 Å². The summed E-state index contributed by atoms with van der Waals surface area (Å²) in [5.74, 6) is 0. The summed E-state index contributed by atoms with van der Waals surface area (Å²) in [7, 11) is 2.25. The number of rotatable bonds is 0. The molecule has 0 atom stereocenters. The summed E-state index contributed by atoms with van der Waals surface area (Å²) in [6.45, 7) is 0. The molecule has 29 heavy (non-hydrogen) atoms. The maximum absolute atomic E-state index is 2.43. The number of aryl methyl sites for hydroxylation is 2. The van der Waals surface area contributed by atoms with E-state index in [0.29, 0.717) is 0 Å². The van der Waals surface area contributed by atoms with Gasteiger partial charge in [-0.3, -0.25) is 0 Å². The lowest BCUT2D eigenvalue weighted by Crippen LogP contribution is -2.01. The molecule has 1 heterocycles. The van der Waals surface area contributed by atoms with Gasteiger partial charge in [-0.15, -0.1) is 0 Å². The molecule has 0 N–H and O–H groups in total. The third kappa shape index (κ3) is 1.91. The molecule has 7 rings (SSSR count). The number of hydrogen-bond donors (Lipinski definition) is 0. The third-order valence-corrected chi connectivity index (χ3v) is 7.35. The lowest BCUT2D eigenvalue weighted by Gasteiger charge is -2.21. The van der Waals surface area contributed by atoms with E-state index < -0.39 is 0 Å². The Morgan fingerprint density at radius 3 is 2.66 bits per heavy atom. The van der Waals surface area contributed by atoms with Gasteiger partial charge in [0.15, 0.2) is 0 Å². The summed E-state index contributed by atoms with van der Waals surface area (Å²) in [6, 6.07) is 13.7. The van der Waals surface area contributed by atoms with Crippen LogP contribution in [-0.4, -0.2) is 4.57 Å². The first-order valence-electron chi connectivity index (χ1n) is 10.9. The van der Waals surface area contributed by atoms with Crippen LogP contribution >= 0.6 is 0 Å². The van der Waals surface area contributed by atoms with Crippen molar-refractivity contribution in [3.8, 4) is 0 Å². The fourth-order valence-electron chi connectivity index (χ4n) is 6.16. The smallest absolute Gasteiger partial charge is 0.0571 e. The summed E-state index contributed by atoms with van der Waals surface area (Å²) in [6.07, 6.45) is 15.3. The quantitative estimate of drug-likeness (QED) is 0.310. The van der Waals surface area contributed by atoms with Crippen LogP contribution in [0.15, 0.2) is 60.2 Å². The van der Waals surface area contributed by atoms with Gasteiger partial charge in [0, 0.05) is 28.7 Å². The zero-order chi connectivity index (χ0) is 19.1. The van der Waals surface area contributed by atoms with Crippen molar-refractivity contribution in [2.45, 2.75) is 32.1 Å². The predicted molar refractivity (Wildman–Crippen MR) is 124 cm³/mol. The van der Waals surface area contributed by atoms with Gasteiger partial charge in [0.1, 0.15) is 0 Å². The van der Waals surface area contributed by atoms with Crippen molar-refractivity contribution in [1.29, 1.82) is 0 Å². The molecule has 3 aliphatic rings. The van der Waals surface area contributed by atoms with Crippen molar-refractivity contribution in [1.82, 2.24) is 4.57 Å². The molecule has 0 radical (unpaired) electrons. The highest BCUT2D eigenvalue weighted by molar-refractivity contribution is 6.23. The Morgan fingerprint density at radius 1 is 0.828 bits per heavy atom. The zero-order valence-corrected chi connectivity index (χ0v) is 16.8. The Labute approximate surface area is 170 Å². The van der Waals surface area contributed by atoms with Crippen molar-refractivity contribution >= 4 is 44.2 Å². The molecule has 0 aliphatic heterocycles. The van der Waals surface area contributed by atoms with E-state index in [-0.39, 0.29) is 0 Å². The lowest BCUT2D eigenvalue weighted by atomic mass is 9.83. The van der Waals surface area contributed by atoms with Crippen LogP contribution in [0.5, 0.6) is 0 Å². The SMILES string of the molecule is Cn1c2ccccc2c2c3c(c4c5c(ccc4c21)CC1=C5CCC=C1)C=CCC3. The first-order chi connectivity index (χ1) is 14.3. The zero-order valence-electron chi connectivity index (χ0n) is 16.8. The highest BCUT2D eigenvalue weighted by Gasteiger charge is 2.28. The van der Waals surface area contributed by atoms with Crippen LogP contribution < -0.4 is 0 Å². The molecule has 0 fully saturated rings. The van der Waals surface area contributed by atoms with Gasteiger partial charge in [0.05, 0.1) is 5.52 Å². The van der Waals surface area contributed by atoms with E-state index in [1.807, 2.05) is 0 Å². The molecule has 0 saturated heterocycles. The third-order valence-electron chi connectivity index (χ3n) is 7.35. The summed E-state index contributed by atoms with van der Waals surface area (Å²) < 4.78 is 2.43. The maximum Gasteiger partial charge on any atom is 0.0571 e. The minimum Gasteiger partial charge on any atom is -0.343 e. The van der Waals surface area contributed by atoms with Crippen LogP contribution in [0.1, 0.15) is 41.5 Å². The molecule has 140 valence electrons. The number of nitrogens with zero attached hydrogens (tertiary/aromatic N) is 1. The van der Waals surface area contributed by atoms with Crippen molar-refractivity contribution in [2.24, 2.45) is 7.05 Å². The first kappa shape index (κ1) is 15.8. The van der Waals surface area contributed by atoms with E-state index >= 15 is 0 Å². The molecular formula is C28H23N. The summed E-state index contributed by atoms with van der Waals surface area (Å²) >= 11 is 0. The fraction of sp³-hybridized carbons (Fsp3) is 0.214. The van der Waals surface area contributed by atoms with Gasteiger partial charge >= 0.3 is 0 Å². The van der Waals surface area contributed by atoms with Crippen LogP contribution in [0.25, 0.3) is 44.2 Å². The van der Waals surface area contributed by atoms with Crippen molar-refractivity contribution in [3.63, 3.8) is 0 Å². The van der Waals surface area contributed by atoms with Gasteiger partial charge in [0.25, 0.3) is 0 Å². The number of hydrogen-bond acceptors (Lipinski definition) is 0. The van der Waals surface area contributed by atoms with Crippen LogP contribution in [0.2, 0.25) is 0 Å². The van der Waals surface area contributed by atoms with Crippen LogP contribution in [0.4, 0.5) is 0 Å². The van der Waals surface area contributed by atoms with Gasteiger partial charge in [-0.2, -0.15) is 0 Å². The Hall–Kier alpha value is -3.06. The molecular weight excluding hydrogens is 350 g/mol. The number of aromatic nitrogens is 1. The fourth-order valence-corrected chi connectivity index (χ4v) is 6.16. The molecule has 0 spiro atoms. The second-order valence-electron chi connectivity index (χ2n) is 8.78. The number of benzene rings is 3. The molecule has 0 bridgehead atoms. The van der Waals surface area contributed by atoms with E-state index in [2.05, 4.69) is 72.3 Å². The molecule has 0 unspecified atom stereocenters. The topological polar surface area (TPSA) is 4.93 Å². The predicted octanol–water partition coefficient (Wildman–Crippen LogP) is 7.10.